The molecule has 0 saturated heterocycles. The first-order valence-corrected chi connectivity index (χ1v) is 13.9. The van der Waals surface area contributed by atoms with Crippen LogP contribution >= 0.6 is 11.3 Å². The van der Waals surface area contributed by atoms with E-state index in [9.17, 15) is 4.79 Å². The molecular weight excluding hydrogens is 472 g/mol. The van der Waals surface area contributed by atoms with Crippen molar-refractivity contribution in [3.8, 4) is 0 Å². The van der Waals surface area contributed by atoms with Crippen molar-refractivity contribution >= 4 is 49.5 Å². The van der Waals surface area contributed by atoms with Gasteiger partial charge in [0, 0.05) is 26.7 Å². The molecule has 4 heteroatoms. The lowest BCUT2D eigenvalue weighted by Gasteiger charge is -2.14. The fraction of sp³-hybridized carbons (Fsp3) is 0.212. The molecule has 37 heavy (non-hydrogen) atoms. The van der Waals surface area contributed by atoms with E-state index in [-0.39, 0.29) is 5.91 Å². The van der Waals surface area contributed by atoms with Crippen LogP contribution in [0, 0.1) is 6.92 Å². The van der Waals surface area contributed by atoms with E-state index in [0.717, 1.165) is 39.7 Å². The number of aromatic nitrogens is 1. The molecule has 186 valence electrons. The van der Waals surface area contributed by atoms with Gasteiger partial charge in [0.05, 0.1) is 11.2 Å². The van der Waals surface area contributed by atoms with E-state index < -0.39 is 0 Å². The number of carbonyl (C=O) groups is 1. The molecule has 0 unspecified atom stereocenters. The second-order valence-electron chi connectivity index (χ2n) is 9.48. The number of thiophene rings is 1. The van der Waals surface area contributed by atoms with Gasteiger partial charge in [0.25, 0.3) is 5.91 Å². The minimum atomic E-state index is -0.0888. The van der Waals surface area contributed by atoms with Crippen molar-refractivity contribution in [1.29, 1.82) is 0 Å². The number of aryl methyl sites for hydroxylation is 1. The van der Waals surface area contributed by atoms with Crippen LogP contribution in [-0.2, 0) is 6.42 Å². The summed E-state index contributed by atoms with van der Waals surface area (Å²) in [6, 6.07) is 26.8. The Labute approximate surface area is 222 Å². The molecule has 1 amide bonds. The first kappa shape index (κ1) is 24.9. The maximum atomic E-state index is 13.6. The van der Waals surface area contributed by atoms with Crippen molar-refractivity contribution in [3.05, 3.63) is 113 Å². The molecule has 3 nitrogen and oxygen atoms in total. The Balaban J connectivity index is 1.45. The van der Waals surface area contributed by atoms with Gasteiger partial charge < -0.3 is 5.32 Å². The third-order valence-corrected chi connectivity index (χ3v) is 8.02. The van der Waals surface area contributed by atoms with Gasteiger partial charge in [-0.1, -0.05) is 80.4 Å². The van der Waals surface area contributed by atoms with Gasteiger partial charge in [0.1, 0.15) is 0 Å². The fourth-order valence-corrected chi connectivity index (χ4v) is 6.01. The van der Waals surface area contributed by atoms with Crippen molar-refractivity contribution in [2.24, 2.45) is 0 Å². The minimum absolute atomic E-state index is 0.0888. The number of unbranched alkanes of at least 4 members (excludes halogenated alkanes) is 2. The summed E-state index contributed by atoms with van der Waals surface area (Å²) in [6.45, 7) is 4.25. The molecule has 0 fully saturated rings. The van der Waals surface area contributed by atoms with Gasteiger partial charge in [-0.3, -0.25) is 9.78 Å². The molecule has 0 aliphatic heterocycles. The molecule has 0 aliphatic carbocycles. The van der Waals surface area contributed by atoms with Crippen LogP contribution in [0.3, 0.4) is 0 Å². The smallest absolute Gasteiger partial charge is 0.256 e. The quantitative estimate of drug-likeness (QED) is 0.203. The molecule has 2 heterocycles. The Hall–Kier alpha value is -3.76. The largest absolute Gasteiger partial charge is 0.320 e. The Morgan fingerprint density at radius 2 is 1.76 bits per heavy atom. The van der Waals surface area contributed by atoms with Crippen LogP contribution in [-0.4, -0.2) is 10.9 Å². The first-order valence-electron chi connectivity index (χ1n) is 13.1. The molecule has 0 spiro atoms. The Kier molecular flexibility index (Phi) is 7.76. The maximum Gasteiger partial charge on any atom is 0.256 e. The van der Waals surface area contributed by atoms with Crippen molar-refractivity contribution < 1.29 is 4.79 Å². The van der Waals surface area contributed by atoms with Gasteiger partial charge in [-0.2, -0.15) is 0 Å². The molecule has 5 rings (SSSR count). The average Bonchev–Trinajstić information content (AvgIpc) is 3.35. The van der Waals surface area contributed by atoms with Crippen molar-refractivity contribution in [2.45, 2.75) is 46.0 Å². The summed E-state index contributed by atoms with van der Waals surface area (Å²) in [5, 5.41) is 5.44. The lowest BCUT2D eigenvalue weighted by Crippen LogP contribution is -2.16. The number of hydrogen-bond acceptors (Lipinski definition) is 3. The van der Waals surface area contributed by atoms with E-state index in [0.29, 0.717) is 6.42 Å². The normalized spacial score (nSPS) is 11.8. The number of carbonyl (C=O) groups excluding carboxylic acids is 1. The van der Waals surface area contributed by atoms with Gasteiger partial charge in [-0.25, -0.2) is 0 Å². The average molecular weight is 505 g/mol. The van der Waals surface area contributed by atoms with E-state index >= 15 is 0 Å². The number of anilines is 1. The Morgan fingerprint density at radius 3 is 2.62 bits per heavy atom. The van der Waals surface area contributed by atoms with Crippen LogP contribution in [0.2, 0.25) is 0 Å². The zero-order valence-corrected chi connectivity index (χ0v) is 22.3. The first-order chi connectivity index (χ1) is 18.1. The highest BCUT2D eigenvalue weighted by atomic mass is 32.1. The van der Waals surface area contributed by atoms with Crippen LogP contribution in [0.15, 0.2) is 91.1 Å². The summed E-state index contributed by atoms with van der Waals surface area (Å²) in [7, 11) is 0. The summed E-state index contributed by atoms with van der Waals surface area (Å²) in [5.41, 5.74) is 5.68. The predicted octanol–water partition coefficient (Wildman–Crippen LogP) is 9.22. The number of nitrogens with zero attached hydrogens (tertiary/aromatic N) is 1. The predicted molar refractivity (Wildman–Crippen MR) is 159 cm³/mol. The number of pyridine rings is 1. The monoisotopic (exact) mass is 504 g/mol. The van der Waals surface area contributed by atoms with E-state index in [1.54, 1.807) is 6.20 Å². The van der Waals surface area contributed by atoms with E-state index in [2.05, 4.69) is 59.7 Å². The molecule has 2 aromatic heterocycles. The molecule has 0 bridgehead atoms. The molecule has 3 aromatic carbocycles. The van der Waals surface area contributed by atoms with Crippen LogP contribution in [0.4, 0.5) is 5.69 Å². The molecule has 0 atom stereocenters. The zero-order chi connectivity index (χ0) is 25.6. The van der Waals surface area contributed by atoms with Crippen LogP contribution in [0.1, 0.15) is 59.0 Å². The molecule has 5 aromatic rings. The summed E-state index contributed by atoms with van der Waals surface area (Å²) >= 11 is 1.86. The number of nitrogens with one attached hydrogen (secondary N) is 1. The summed E-state index contributed by atoms with van der Waals surface area (Å²) < 4.78 is 1.32. The van der Waals surface area contributed by atoms with Crippen LogP contribution in [0.5, 0.6) is 0 Å². The Bertz CT molecular complexity index is 1540. The number of para-hydroxylation sites is 1. The third-order valence-electron chi connectivity index (χ3n) is 6.83. The summed E-state index contributed by atoms with van der Waals surface area (Å²) in [4.78, 5) is 19.4. The van der Waals surface area contributed by atoms with Crippen LogP contribution in [0.25, 0.3) is 26.6 Å². The van der Waals surface area contributed by atoms with Crippen molar-refractivity contribution in [1.82, 2.24) is 4.98 Å². The minimum Gasteiger partial charge on any atom is -0.320 e. The number of benzene rings is 3. The molecule has 0 aliphatic rings. The fourth-order valence-electron chi connectivity index (χ4n) is 4.88. The molecule has 0 saturated carbocycles. The van der Waals surface area contributed by atoms with Crippen LogP contribution < -0.4 is 5.32 Å². The lowest BCUT2D eigenvalue weighted by molar-refractivity contribution is 0.102. The van der Waals surface area contributed by atoms with Gasteiger partial charge in [0.2, 0.25) is 0 Å². The highest BCUT2D eigenvalue weighted by Crippen LogP contribution is 2.33. The van der Waals surface area contributed by atoms with Gasteiger partial charge in [-0.15, -0.1) is 11.3 Å². The van der Waals surface area contributed by atoms with E-state index in [4.69, 9.17) is 0 Å². The number of amides is 1. The number of fused-ring (bicyclic) bond motifs is 2. The second-order valence-corrected chi connectivity index (χ2v) is 10.6. The number of allylic oxidation sites excluding steroid dienone is 2. The molecular formula is C33H32N2OS. The molecule has 1 N–H and O–H groups in total. The SMILES string of the molecule is CCCCCC(=CCc1cccc(C)c1C(=O)Nc1cccc2cccnc12)c1cc2ccccc2s1. The topological polar surface area (TPSA) is 42.0 Å². The van der Waals surface area contributed by atoms with Gasteiger partial charge >= 0.3 is 0 Å². The van der Waals surface area contributed by atoms with E-state index in [1.165, 1.54) is 39.8 Å². The maximum absolute atomic E-state index is 13.6. The van der Waals surface area contributed by atoms with Gasteiger partial charge in [-0.05, 0) is 72.5 Å². The van der Waals surface area contributed by atoms with Gasteiger partial charge in [0.15, 0.2) is 0 Å². The lowest BCUT2D eigenvalue weighted by atomic mass is 9.96. The molecule has 0 radical (unpaired) electrons. The highest BCUT2D eigenvalue weighted by Gasteiger charge is 2.16. The number of hydrogen-bond donors (Lipinski definition) is 1. The zero-order valence-electron chi connectivity index (χ0n) is 21.5. The van der Waals surface area contributed by atoms with Crippen molar-refractivity contribution in [3.63, 3.8) is 0 Å². The highest BCUT2D eigenvalue weighted by molar-refractivity contribution is 7.20. The summed E-state index contributed by atoms with van der Waals surface area (Å²) in [6.07, 6.45) is 9.46. The van der Waals surface area contributed by atoms with E-state index in [1.807, 2.05) is 60.7 Å². The second kappa shape index (κ2) is 11.5. The Morgan fingerprint density at radius 1 is 0.946 bits per heavy atom. The summed E-state index contributed by atoms with van der Waals surface area (Å²) in [5.74, 6) is -0.0888. The standard InChI is InChI=1S/C33H32N2OS/c1-3-4-5-12-24(30-22-27-13-6-7-18-29(27)37-30)19-20-25-14-8-11-23(2)31(25)33(36)35-28-17-9-15-26-16-10-21-34-32(26)28/h6-11,13-19,21-22H,3-5,12,20H2,1-2H3,(H,35,36). The number of rotatable bonds is 9. The van der Waals surface area contributed by atoms with Crippen molar-refractivity contribution in [2.75, 3.05) is 5.32 Å². The third kappa shape index (κ3) is 5.65.